The molecular weight excluding hydrogens is 482 g/mol. The molecule has 37 heavy (non-hydrogen) atoms. The lowest BCUT2D eigenvalue weighted by atomic mass is 9.94. The highest BCUT2D eigenvalue weighted by molar-refractivity contribution is 5.75. The summed E-state index contributed by atoms with van der Waals surface area (Å²) in [7, 11) is 0. The van der Waals surface area contributed by atoms with E-state index in [2.05, 4.69) is 0 Å². The minimum Gasteiger partial charge on any atom is -0.444 e. The van der Waals surface area contributed by atoms with Gasteiger partial charge >= 0.3 is 6.09 Å². The number of carbonyl (C=O) groups excluding carboxylic acids is 2. The molecule has 2 aliphatic heterocycles. The molecule has 2 saturated heterocycles. The first-order chi connectivity index (χ1) is 17.1. The number of nitrogens with zero attached hydrogens (tertiary/aromatic N) is 2. The van der Waals surface area contributed by atoms with E-state index >= 15 is 0 Å². The number of ether oxygens (including phenoxy) is 3. The largest absolute Gasteiger partial charge is 0.444 e. The standard InChI is InChI=1S/C28H40F2N2O5/c1-17(2)9-10-35-22-15-23(31(16-22)26(34)37-27(4,5)6)25-24(32(18(3)33)28(7,8)36-25)13-19-11-20(29)14-21(30)12-19/h9,11-12,14,22-25H,10,13,15-16H2,1-8H3/t22-,23-,24+,25-/m1/s1. The van der Waals surface area contributed by atoms with Gasteiger partial charge in [-0.25, -0.2) is 13.6 Å². The van der Waals surface area contributed by atoms with Gasteiger partial charge in [-0.2, -0.15) is 0 Å². The van der Waals surface area contributed by atoms with E-state index in [0.29, 0.717) is 25.1 Å². The zero-order valence-corrected chi connectivity index (χ0v) is 23.1. The molecule has 0 unspecified atom stereocenters. The third kappa shape index (κ3) is 7.29. The molecule has 3 rings (SSSR count). The van der Waals surface area contributed by atoms with Crippen LogP contribution in [0.25, 0.3) is 0 Å². The van der Waals surface area contributed by atoms with Crippen LogP contribution in [0.1, 0.15) is 67.4 Å². The van der Waals surface area contributed by atoms with Gasteiger partial charge in [0.25, 0.3) is 0 Å². The van der Waals surface area contributed by atoms with E-state index < -0.39 is 47.2 Å². The maximum absolute atomic E-state index is 14.0. The molecule has 2 amide bonds. The second-order valence-corrected chi connectivity index (χ2v) is 11.6. The van der Waals surface area contributed by atoms with Gasteiger partial charge in [0.1, 0.15) is 29.1 Å². The average Bonchev–Trinajstić information content (AvgIpc) is 3.23. The minimum atomic E-state index is -0.992. The summed E-state index contributed by atoms with van der Waals surface area (Å²) >= 11 is 0. The van der Waals surface area contributed by atoms with Crippen LogP contribution in [0, 0.1) is 11.6 Å². The highest BCUT2D eigenvalue weighted by atomic mass is 19.1. The Hall–Kier alpha value is -2.52. The van der Waals surface area contributed by atoms with Crippen LogP contribution in [-0.4, -0.2) is 70.6 Å². The van der Waals surface area contributed by atoms with E-state index in [1.807, 2.05) is 19.9 Å². The van der Waals surface area contributed by atoms with Gasteiger partial charge in [-0.15, -0.1) is 0 Å². The smallest absolute Gasteiger partial charge is 0.410 e. The molecule has 1 aromatic carbocycles. The molecule has 4 atom stereocenters. The van der Waals surface area contributed by atoms with E-state index in [-0.39, 0.29) is 18.4 Å². The van der Waals surface area contributed by atoms with Crippen molar-refractivity contribution < 1.29 is 32.6 Å². The van der Waals surface area contributed by atoms with Crippen LogP contribution in [0.2, 0.25) is 0 Å². The van der Waals surface area contributed by atoms with E-state index in [1.54, 1.807) is 44.4 Å². The molecule has 0 saturated carbocycles. The Labute approximate surface area is 218 Å². The fourth-order valence-electron chi connectivity index (χ4n) is 5.28. The van der Waals surface area contributed by atoms with Crippen molar-refractivity contribution in [1.82, 2.24) is 9.80 Å². The van der Waals surface area contributed by atoms with Crippen molar-refractivity contribution in [3.8, 4) is 0 Å². The zero-order chi connectivity index (χ0) is 27.7. The van der Waals surface area contributed by atoms with Gasteiger partial charge in [0.05, 0.1) is 31.3 Å². The topological polar surface area (TPSA) is 68.3 Å². The van der Waals surface area contributed by atoms with E-state index in [4.69, 9.17) is 14.2 Å². The maximum Gasteiger partial charge on any atom is 0.410 e. The van der Waals surface area contributed by atoms with E-state index in [1.165, 1.54) is 19.1 Å². The predicted octanol–water partition coefficient (Wildman–Crippen LogP) is 5.22. The fraction of sp³-hybridized carbons (Fsp3) is 0.643. The van der Waals surface area contributed by atoms with Crippen molar-refractivity contribution in [3.63, 3.8) is 0 Å². The molecule has 0 spiro atoms. The number of halogens is 2. The normalized spacial score (nSPS) is 25.4. The second-order valence-electron chi connectivity index (χ2n) is 11.6. The van der Waals surface area contributed by atoms with Crippen molar-refractivity contribution in [1.29, 1.82) is 0 Å². The third-order valence-electron chi connectivity index (χ3n) is 6.56. The molecular formula is C28H40F2N2O5. The van der Waals surface area contributed by atoms with Gasteiger partial charge in [-0.1, -0.05) is 11.6 Å². The molecule has 0 aliphatic carbocycles. The third-order valence-corrected chi connectivity index (χ3v) is 6.56. The first kappa shape index (κ1) is 29.0. The summed E-state index contributed by atoms with van der Waals surface area (Å²) in [5.74, 6) is -1.61. The molecule has 9 heteroatoms. The zero-order valence-electron chi connectivity index (χ0n) is 23.1. The summed E-state index contributed by atoms with van der Waals surface area (Å²) in [6, 6.07) is 2.29. The highest BCUT2D eigenvalue weighted by Crippen LogP contribution is 2.40. The lowest BCUT2D eigenvalue weighted by molar-refractivity contribution is -0.145. The van der Waals surface area contributed by atoms with Crippen LogP contribution in [0.4, 0.5) is 13.6 Å². The second kappa shape index (κ2) is 11.1. The Kier molecular flexibility index (Phi) is 8.69. The van der Waals surface area contributed by atoms with Gasteiger partial charge in [0.2, 0.25) is 5.91 Å². The molecule has 0 N–H and O–H groups in total. The summed E-state index contributed by atoms with van der Waals surface area (Å²) in [6.45, 7) is 15.1. The Morgan fingerprint density at radius 3 is 2.30 bits per heavy atom. The highest BCUT2D eigenvalue weighted by Gasteiger charge is 2.55. The number of hydrogen-bond acceptors (Lipinski definition) is 5. The van der Waals surface area contributed by atoms with Gasteiger partial charge in [-0.3, -0.25) is 9.69 Å². The van der Waals surface area contributed by atoms with Crippen molar-refractivity contribution in [2.45, 2.75) is 104 Å². The summed E-state index contributed by atoms with van der Waals surface area (Å²) in [6.07, 6.45) is 1.21. The van der Waals surface area contributed by atoms with Crippen molar-refractivity contribution in [3.05, 3.63) is 47.0 Å². The minimum absolute atomic E-state index is 0.157. The Morgan fingerprint density at radius 1 is 1.14 bits per heavy atom. The van der Waals surface area contributed by atoms with Crippen LogP contribution < -0.4 is 0 Å². The molecule has 0 bridgehead atoms. The van der Waals surface area contributed by atoms with E-state index in [0.717, 1.165) is 11.6 Å². The Morgan fingerprint density at radius 2 is 1.76 bits per heavy atom. The maximum atomic E-state index is 14.0. The summed E-state index contributed by atoms with van der Waals surface area (Å²) in [4.78, 5) is 29.3. The van der Waals surface area contributed by atoms with Crippen LogP contribution in [0.5, 0.6) is 0 Å². The molecule has 1 aromatic rings. The first-order valence-electron chi connectivity index (χ1n) is 12.7. The van der Waals surface area contributed by atoms with Gasteiger partial charge in [0, 0.05) is 13.0 Å². The number of hydrogen-bond donors (Lipinski definition) is 0. The number of benzene rings is 1. The Bertz CT molecular complexity index is 1010. The van der Waals surface area contributed by atoms with Crippen LogP contribution in [0.15, 0.2) is 29.8 Å². The fourth-order valence-corrected chi connectivity index (χ4v) is 5.28. The molecule has 2 heterocycles. The molecule has 2 fully saturated rings. The van der Waals surface area contributed by atoms with E-state index in [9.17, 15) is 18.4 Å². The van der Waals surface area contributed by atoms with Crippen molar-refractivity contribution in [2.75, 3.05) is 13.2 Å². The van der Waals surface area contributed by atoms with Crippen molar-refractivity contribution >= 4 is 12.0 Å². The van der Waals surface area contributed by atoms with Crippen molar-refractivity contribution in [2.24, 2.45) is 0 Å². The van der Waals surface area contributed by atoms with Crippen LogP contribution >= 0.6 is 0 Å². The quantitative estimate of drug-likeness (QED) is 0.479. The molecule has 0 radical (unpaired) electrons. The summed E-state index contributed by atoms with van der Waals surface area (Å²) in [5.41, 5.74) is -0.173. The molecule has 2 aliphatic rings. The van der Waals surface area contributed by atoms with Gasteiger partial charge in [-0.05, 0) is 79.0 Å². The Balaban J connectivity index is 1.97. The molecule has 0 aromatic heterocycles. The number of likely N-dealkylation sites (tertiary alicyclic amines) is 1. The number of allylic oxidation sites excluding steroid dienone is 1. The average molecular weight is 523 g/mol. The predicted molar refractivity (Wildman–Crippen MR) is 136 cm³/mol. The summed E-state index contributed by atoms with van der Waals surface area (Å²) < 4.78 is 46.3. The van der Waals surface area contributed by atoms with Crippen LogP contribution in [-0.2, 0) is 25.4 Å². The number of carbonyl (C=O) groups is 2. The molecule has 206 valence electrons. The van der Waals surface area contributed by atoms with Gasteiger partial charge < -0.3 is 19.1 Å². The van der Waals surface area contributed by atoms with Gasteiger partial charge in [0.15, 0.2) is 0 Å². The molecule has 7 nitrogen and oxygen atoms in total. The number of rotatable bonds is 6. The lowest BCUT2D eigenvalue weighted by Crippen LogP contribution is -2.52. The first-order valence-corrected chi connectivity index (χ1v) is 12.7. The number of amides is 2. The van der Waals surface area contributed by atoms with Crippen LogP contribution in [0.3, 0.4) is 0 Å². The lowest BCUT2D eigenvalue weighted by Gasteiger charge is -2.34. The monoisotopic (exact) mass is 522 g/mol. The SMILES string of the molecule is CC(=O)N1[C@@H](Cc2cc(F)cc(F)c2)[C@@H]([C@H]2C[C@@H](OCC=C(C)C)CN2C(=O)OC(C)(C)C)OC1(C)C. The summed E-state index contributed by atoms with van der Waals surface area (Å²) in [5, 5.41) is 0.